The van der Waals surface area contributed by atoms with Crippen LogP contribution in [0.15, 0.2) is 0 Å². The third kappa shape index (κ3) is 12.7. The summed E-state index contributed by atoms with van der Waals surface area (Å²) in [6.07, 6.45) is -1.90. The number of hydrogen-bond acceptors (Lipinski definition) is 7. The molecule has 0 spiro atoms. The topological polar surface area (TPSA) is 204 Å². The lowest BCUT2D eigenvalue weighted by Gasteiger charge is -2.23. The van der Waals surface area contributed by atoms with Crippen molar-refractivity contribution < 1.29 is 48.9 Å². The van der Waals surface area contributed by atoms with E-state index in [-0.39, 0.29) is 25.7 Å². The molecule has 0 saturated carbocycles. The van der Waals surface area contributed by atoms with Gasteiger partial charge in [-0.3, -0.25) is 33.6 Å². The molecular weight excluding hydrogens is 452 g/mol. The van der Waals surface area contributed by atoms with E-state index in [1.54, 1.807) is 13.8 Å². The fourth-order valence-corrected chi connectivity index (χ4v) is 3.02. The maximum atomic E-state index is 12.9. The second-order valence-corrected chi connectivity index (χ2v) is 8.21. The molecule has 192 valence electrons. The number of carbonyl (C=O) groups excluding carboxylic acids is 4. The van der Waals surface area contributed by atoms with Gasteiger partial charge in [0.1, 0.15) is 0 Å². The normalized spacial score (nSPS) is 14.2. The van der Waals surface area contributed by atoms with Gasteiger partial charge in [-0.1, -0.05) is 13.8 Å². The van der Waals surface area contributed by atoms with E-state index < -0.39 is 84.5 Å². The molecule has 0 bridgehead atoms. The molecule has 12 nitrogen and oxygen atoms in total. The summed E-state index contributed by atoms with van der Waals surface area (Å²) in [5, 5.41) is 31.7. The summed E-state index contributed by atoms with van der Waals surface area (Å²) in [5.41, 5.74) is 0. The molecular formula is C22H34N2O10. The van der Waals surface area contributed by atoms with Crippen LogP contribution in [0, 0.1) is 11.8 Å². The summed E-state index contributed by atoms with van der Waals surface area (Å²) in [5.74, 6) is -7.58. The number of amides is 2. The van der Waals surface area contributed by atoms with Crippen LogP contribution in [0.3, 0.4) is 0 Å². The lowest BCUT2D eigenvalue weighted by molar-refractivity contribution is -0.140. The molecule has 0 fully saturated rings. The Hall–Kier alpha value is -3.31. The Morgan fingerprint density at radius 2 is 1.15 bits per heavy atom. The number of ketones is 2. The van der Waals surface area contributed by atoms with Crippen molar-refractivity contribution in [1.29, 1.82) is 0 Å². The van der Waals surface area contributed by atoms with E-state index in [1.165, 1.54) is 0 Å². The molecule has 0 aliphatic heterocycles. The second-order valence-electron chi connectivity index (χ2n) is 8.21. The zero-order valence-corrected chi connectivity index (χ0v) is 19.7. The highest BCUT2D eigenvalue weighted by Crippen LogP contribution is 2.17. The van der Waals surface area contributed by atoms with Gasteiger partial charge in [-0.25, -0.2) is 0 Å². The van der Waals surface area contributed by atoms with Gasteiger partial charge in [-0.05, 0) is 32.6 Å². The van der Waals surface area contributed by atoms with Crippen molar-refractivity contribution in [2.75, 3.05) is 0 Å². The molecule has 0 aliphatic rings. The van der Waals surface area contributed by atoms with Gasteiger partial charge in [0, 0.05) is 37.5 Å². The smallest absolute Gasteiger partial charge is 0.303 e. The van der Waals surface area contributed by atoms with Crippen molar-refractivity contribution in [3.05, 3.63) is 0 Å². The Labute approximate surface area is 197 Å². The van der Waals surface area contributed by atoms with Gasteiger partial charge in [-0.15, -0.1) is 0 Å². The predicted octanol–water partition coefficient (Wildman–Crippen LogP) is 0.761. The number of carboxylic acids is 3. The first kappa shape index (κ1) is 30.7. The highest BCUT2D eigenvalue weighted by Gasteiger charge is 2.30. The highest BCUT2D eigenvalue weighted by molar-refractivity contribution is 5.94. The SMILES string of the molecule is CC[C@@H](C)C(=O)N[C@@H](CCC(=O)O)C(=O)C[C@@H](CCC(=O)O)C(=O)N[C@@H](CCC(=O)O)C(C)=O. The average Bonchev–Trinajstić information content (AvgIpc) is 2.74. The van der Waals surface area contributed by atoms with Gasteiger partial charge >= 0.3 is 17.9 Å². The Morgan fingerprint density at radius 1 is 0.706 bits per heavy atom. The van der Waals surface area contributed by atoms with Crippen LogP contribution in [0.25, 0.3) is 0 Å². The van der Waals surface area contributed by atoms with Gasteiger partial charge in [0.25, 0.3) is 0 Å². The zero-order chi connectivity index (χ0) is 26.4. The summed E-state index contributed by atoms with van der Waals surface area (Å²) in [6, 6.07) is -2.31. The third-order valence-corrected chi connectivity index (χ3v) is 5.39. The summed E-state index contributed by atoms with van der Waals surface area (Å²) < 4.78 is 0. The van der Waals surface area contributed by atoms with Crippen LogP contribution < -0.4 is 10.6 Å². The molecule has 0 saturated heterocycles. The van der Waals surface area contributed by atoms with Crippen molar-refractivity contribution in [2.24, 2.45) is 11.8 Å². The minimum absolute atomic E-state index is 0.178. The first-order valence-corrected chi connectivity index (χ1v) is 11.1. The molecule has 2 amide bonds. The molecule has 0 unspecified atom stereocenters. The Bertz CT molecular complexity index is 780. The largest absolute Gasteiger partial charge is 0.481 e. The van der Waals surface area contributed by atoms with Crippen LogP contribution in [-0.2, 0) is 33.6 Å². The van der Waals surface area contributed by atoms with Crippen LogP contribution in [0.1, 0.15) is 72.1 Å². The minimum Gasteiger partial charge on any atom is -0.481 e. The number of nitrogens with one attached hydrogen (secondary N) is 2. The number of aliphatic carboxylic acids is 3. The van der Waals surface area contributed by atoms with Gasteiger partial charge in [0.05, 0.1) is 12.1 Å². The monoisotopic (exact) mass is 486 g/mol. The molecule has 0 heterocycles. The predicted molar refractivity (Wildman–Crippen MR) is 118 cm³/mol. The molecule has 0 rings (SSSR count). The standard InChI is InChI=1S/C22H34N2O10/c1-4-12(2)21(33)24-16(7-10-20(31)32)17(26)11-14(5-8-18(27)28)22(34)23-15(13(3)25)6-9-19(29)30/h12,14-16H,4-11H2,1-3H3,(H,23,34)(H,24,33)(H,27,28)(H,29,30)(H,31,32)/t12-,14-,15+,16+/m1/s1. The molecule has 12 heteroatoms. The lowest BCUT2D eigenvalue weighted by atomic mass is 9.91. The fourth-order valence-electron chi connectivity index (χ4n) is 3.02. The molecule has 0 aromatic carbocycles. The fraction of sp³-hybridized carbons (Fsp3) is 0.682. The van der Waals surface area contributed by atoms with Crippen LogP contribution >= 0.6 is 0 Å². The van der Waals surface area contributed by atoms with Gasteiger partial charge in [0.15, 0.2) is 11.6 Å². The molecule has 0 aromatic heterocycles. The van der Waals surface area contributed by atoms with Crippen molar-refractivity contribution in [3.8, 4) is 0 Å². The lowest BCUT2D eigenvalue weighted by Crippen LogP contribution is -2.46. The summed E-state index contributed by atoms with van der Waals surface area (Å²) in [6.45, 7) is 4.56. The Balaban J connectivity index is 5.59. The van der Waals surface area contributed by atoms with Gasteiger partial charge in [0.2, 0.25) is 11.8 Å². The maximum Gasteiger partial charge on any atom is 0.303 e. The number of carbonyl (C=O) groups is 7. The number of carboxylic acid groups (broad SMARTS) is 3. The summed E-state index contributed by atoms with van der Waals surface area (Å²) >= 11 is 0. The van der Waals surface area contributed by atoms with Crippen molar-refractivity contribution in [3.63, 3.8) is 0 Å². The van der Waals surface area contributed by atoms with Crippen molar-refractivity contribution in [1.82, 2.24) is 10.6 Å². The molecule has 0 aliphatic carbocycles. The van der Waals surface area contributed by atoms with E-state index in [0.717, 1.165) is 6.92 Å². The van der Waals surface area contributed by atoms with Gasteiger partial charge in [-0.2, -0.15) is 0 Å². The Kier molecular flexibility index (Phi) is 14.0. The average molecular weight is 487 g/mol. The zero-order valence-electron chi connectivity index (χ0n) is 19.7. The van der Waals surface area contributed by atoms with Crippen LogP contribution in [-0.4, -0.2) is 68.7 Å². The van der Waals surface area contributed by atoms with E-state index in [0.29, 0.717) is 6.42 Å². The molecule has 0 aromatic rings. The van der Waals surface area contributed by atoms with Crippen molar-refractivity contribution in [2.45, 2.75) is 84.2 Å². The summed E-state index contributed by atoms with van der Waals surface area (Å²) in [4.78, 5) is 82.6. The third-order valence-electron chi connectivity index (χ3n) is 5.39. The Morgan fingerprint density at radius 3 is 1.59 bits per heavy atom. The van der Waals surface area contributed by atoms with E-state index >= 15 is 0 Å². The molecule has 5 N–H and O–H groups in total. The number of rotatable bonds is 18. The van der Waals surface area contributed by atoms with E-state index in [9.17, 15) is 33.6 Å². The van der Waals surface area contributed by atoms with Gasteiger partial charge < -0.3 is 26.0 Å². The minimum atomic E-state index is -1.22. The number of Topliss-reactive ketones (excluding diaryl/α,β-unsaturated/α-hetero) is 2. The van der Waals surface area contributed by atoms with Crippen LogP contribution in [0.2, 0.25) is 0 Å². The van der Waals surface area contributed by atoms with E-state index in [1.807, 2.05) is 0 Å². The maximum absolute atomic E-state index is 12.9. The molecule has 34 heavy (non-hydrogen) atoms. The molecule has 4 atom stereocenters. The van der Waals surface area contributed by atoms with Crippen molar-refractivity contribution >= 4 is 41.3 Å². The van der Waals surface area contributed by atoms with E-state index in [2.05, 4.69) is 10.6 Å². The molecule has 0 radical (unpaired) electrons. The van der Waals surface area contributed by atoms with Crippen LogP contribution in [0.5, 0.6) is 0 Å². The number of hydrogen-bond donors (Lipinski definition) is 5. The summed E-state index contributed by atoms with van der Waals surface area (Å²) in [7, 11) is 0. The first-order valence-electron chi connectivity index (χ1n) is 11.1. The highest BCUT2D eigenvalue weighted by atomic mass is 16.4. The van der Waals surface area contributed by atoms with Crippen LogP contribution in [0.4, 0.5) is 0 Å². The first-order chi connectivity index (χ1) is 15.8. The second kappa shape index (κ2) is 15.5. The quantitative estimate of drug-likeness (QED) is 0.184. The van der Waals surface area contributed by atoms with E-state index in [4.69, 9.17) is 15.3 Å².